The van der Waals surface area contributed by atoms with Gasteiger partial charge in [-0.25, -0.2) is 8.42 Å². The highest BCUT2D eigenvalue weighted by Crippen LogP contribution is 2.30. The van der Waals surface area contributed by atoms with Gasteiger partial charge < -0.3 is 0 Å². The highest BCUT2D eigenvalue weighted by molar-refractivity contribution is 7.91. The van der Waals surface area contributed by atoms with Gasteiger partial charge in [0, 0.05) is 19.1 Å². The van der Waals surface area contributed by atoms with Crippen molar-refractivity contribution in [1.82, 2.24) is 4.90 Å². The molecule has 0 aromatic rings. The van der Waals surface area contributed by atoms with Crippen LogP contribution >= 0.6 is 0 Å². The fourth-order valence-electron chi connectivity index (χ4n) is 3.45. The first-order valence-corrected chi connectivity index (χ1v) is 9.37. The molecule has 2 rings (SSSR count). The highest BCUT2D eigenvalue weighted by atomic mass is 32.2. The summed E-state index contributed by atoms with van der Waals surface area (Å²) in [5.74, 6) is 2.34. The van der Waals surface area contributed by atoms with Crippen molar-refractivity contribution in [3.63, 3.8) is 0 Å². The summed E-state index contributed by atoms with van der Waals surface area (Å²) >= 11 is 0. The minimum Gasteiger partial charge on any atom is -0.295 e. The molecule has 0 amide bonds. The van der Waals surface area contributed by atoms with Crippen molar-refractivity contribution in [2.75, 3.05) is 24.6 Å². The van der Waals surface area contributed by atoms with Gasteiger partial charge in [-0.1, -0.05) is 25.8 Å². The Labute approximate surface area is 118 Å². The summed E-state index contributed by atoms with van der Waals surface area (Å²) in [7, 11) is -2.78. The summed E-state index contributed by atoms with van der Waals surface area (Å²) in [5, 5.41) is 0. The van der Waals surface area contributed by atoms with E-state index in [9.17, 15) is 8.42 Å². The maximum atomic E-state index is 11.6. The first kappa shape index (κ1) is 15.0. The van der Waals surface area contributed by atoms with E-state index in [0.717, 1.165) is 31.3 Å². The van der Waals surface area contributed by atoms with Crippen LogP contribution in [0.15, 0.2) is 12.7 Å². The van der Waals surface area contributed by atoms with E-state index in [1.165, 1.54) is 25.7 Å². The van der Waals surface area contributed by atoms with Gasteiger partial charge in [0.25, 0.3) is 0 Å². The zero-order valence-corrected chi connectivity index (χ0v) is 12.9. The Hall–Kier alpha value is -0.350. The molecule has 0 bridgehead atoms. The molecule has 19 heavy (non-hydrogen) atoms. The van der Waals surface area contributed by atoms with Gasteiger partial charge in [0.2, 0.25) is 0 Å². The molecule has 0 N–H and O–H groups in total. The molecular weight excluding hydrogens is 258 g/mol. The van der Waals surface area contributed by atoms with E-state index in [2.05, 4.69) is 18.4 Å². The summed E-state index contributed by atoms with van der Waals surface area (Å²) in [6.45, 7) is 8.04. The van der Waals surface area contributed by atoms with E-state index in [-0.39, 0.29) is 6.04 Å². The Kier molecular flexibility index (Phi) is 5.07. The highest BCUT2D eigenvalue weighted by Gasteiger charge is 2.33. The molecule has 1 saturated carbocycles. The standard InChI is InChI=1S/C15H27NO2S/c1-3-9-16(15-8-10-19(17,18)12-15)11-14-6-4-13(2)5-7-14/h3,13-15H,1,4-12H2,2H3/t13?,14?,15-/m0/s1. The van der Waals surface area contributed by atoms with E-state index >= 15 is 0 Å². The molecule has 1 saturated heterocycles. The Morgan fingerprint density at radius 2 is 1.89 bits per heavy atom. The normalized spacial score (nSPS) is 34.5. The lowest BCUT2D eigenvalue weighted by atomic mass is 9.82. The smallest absolute Gasteiger partial charge is 0.151 e. The van der Waals surface area contributed by atoms with Crippen LogP contribution in [0.4, 0.5) is 0 Å². The maximum absolute atomic E-state index is 11.6. The second-order valence-corrected chi connectivity index (χ2v) is 8.65. The van der Waals surface area contributed by atoms with E-state index in [4.69, 9.17) is 0 Å². The van der Waals surface area contributed by atoms with Crippen LogP contribution in [-0.4, -0.2) is 44.0 Å². The van der Waals surface area contributed by atoms with Crippen LogP contribution < -0.4 is 0 Å². The lowest BCUT2D eigenvalue weighted by Gasteiger charge is -2.34. The van der Waals surface area contributed by atoms with E-state index in [1.54, 1.807) is 0 Å². The molecule has 0 aromatic carbocycles. The molecule has 0 radical (unpaired) electrons. The van der Waals surface area contributed by atoms with Gasteiger partial charge in [0.05, 0.1) is 11.5 Å². The molecule has 2 fully saturated rings. The topological polar surface area (TPSA) is 37.4 Å². The van der Waals surface area contributed by atoms with Crippen molar-refractivity contribution in [1.29, 1.82) is 0 Å². The van der Waals surface area contributed by atoms with Crippen molar-refractivity contribution >= 4 is 9.84 Å². The Morgan fingerprint density at radius 1 is 1.21 bits per heavy atom. The van der Waals surface area contributed by atoms with E-state index < -0.39 is 9.84 Å². The molecule has 0 aromatic heterocycles. The van der Waals surface area contributed by atoms with Crippen molar-refractivity contribution in [2.24, 2.45) is 11.8 Å². The van der Waals surface area contributed by atoms with Gasteiger partial charge in [-0.05, 0) is 31.1 Å². The number of hydrogen-bond acceptors (Lipinski definition) is 3. The average molecular weight is 285 g/mol. The van der Waals surface area contributed by atoms with Crippen LogP contribution in [0.1, 0.15) is 39.0 Å². The zero-order chi connectivity index (χ0) is 13.9. The predicted octanol–water partition coefficient (Wildman–Crippen LogP) is 2.49. The third kappa shape index (κ3) is 4.32. The fraction of sp³-hybridized carbons (Fsp3) is 0.867. The summed E-state index contributed by atoms with van der Waals surface area (Å²) in [4.78, 5) is 2.36. The first-order chi connectivity index (χ1) is 9.00. The summed E-state index contributed by atoms with van der Waals surface area (Å²) in [6.07, 6.45) is 7.98. The zero-order valence-electron chi connectivity index (χ0n) is 12.1. The SMILES string of the molecule is C=CCN(CC1CCC(C)CC1)[C@H]1CCS(=O)(=O)C1. The summed E-state index contributed by atoms with van der Waals surface area (Å²) in [5.41, 5.74) is 0. The Balaban J connectivity index is 1.91. The third-order valence-corrected chi connectivity index (χ3v) is 6.47. The van der Waals surface area contributed by atoms with E-state index in [1.807, 2.05) is 6.08 Å². The quantitative estimate of drug-likeness (QED) is 0.728. The lowest BCUT2D eigenvalue weighted by molar-refractivity contribution is 0.163. The van der Waals surface area contributed by atoms with Gasteiger partial charge >= 0.3 is 0 Å². The molecule has 4 heteroatoms. The molecule has 1 aliphatic carbocycles. The van der Waals surface area contributed by atoms with Crippen LogP contribution in [0, 0.1) is 11.8 Å². The molecule has 3 nitrogen and oxygen atoms in total. The predicted molar refractivity (Wildman–Crippen MR) is 80.0 cm³/mol. The van der Waals surface area contributed by atoms with Crippen molar-refractivity contribution < 1.29 is 8.42 Å². The molecular formula is C15H27NO2S. The second-order valence-electron chi connectivity index (χ2n) is 6.43. The van der Waals surface area contributed by atoms with Crippen molar-refractivity contribution in [3.05, 3.63) is 12.7 Å². The molecule has 110 valence electrons. The molecule has 2 aliphatic rings. The van der Waals surface area contributed by atoms with Gasteiger partial charge in [0.1, 0.15) is 0 Å². The lowest BCUT2D eigenvalue weighted by Crippen LogP contribution is -2.40. The van der Waals surface area contributed by atoms with Crippen LogP contribution in [0.25, 0.3) is 0 Å². The van der Waals surface area contributed by atoms with Gasteiger partial charge in [-0.15, -0.1) is 6.58 Å². The van der Waals surface area contributed by atoms with Crippen molar-refractivity contribution in [2.45, 2.75) is 45.1 Å². The maximum Gasteiger partial charge on any atom is 0.151 e. The van der Waals surface area contributed by atoms with E-state index in [0.29, 0.717) is 11.5 Å². The minimum absolute atomic E-state index is 0.224. The first-order valence-electron chi connectivity index (χ1n) is 7.55. The van der Waals surface area contributed by atoms with Crippen LogP contribution in [0.5, 0.6) is 0 Å². The average Bonchev–Trinajstić information content (AvgIpc) is 2.72. The molecule has 1 atom stereocenters. The van der Waals surface area contributed by atoms with Gasteiger partial charge in [-0.3, -0.25) is 4.90 Å². The van der Waals surface area contributed by atoms with Crippen LogP contribution in [0.2, 0.25) is 0 Å². The Morgan fingerprint density at radius 3 is 2.42 bits per heavy atom. The van der Waals surface area contributed by atoms with Crippen LogP contribution in [-0.2, 0) is 9.84 Å². The molecule has 0 unspecified atom stereocenters. The number of sulfone groups is 1. The fourth-order valence-corrected chi connectivity index (χ4v) is 5.21. The molecule has 1 heterocycles. The van der Waals surface area contributed by atoms with Gasteiger partial charge in [0.15, 0.2) is 9.84 Å². The second kappa shape index (κ2) is 6.40. The molecule has 1 aliphatic heterocycles. The van der Waals surface area contributed by atoms with Gasteiger partial charge in [-0.2, -0.15) is 0 Å². The summed E-state index contributed by atoms with van der Waals surface area (Å²) < 4.78 is 23.3. The monoisotopic (exact) mass is 285 g/mol. The summed E-state index contributed by atoms with van der Waals surface area (Å²) in [6, 6.07) is 0.224. The number of rotatable bonds is 5. The largest absolute Gasteiger partial charge is 0.295 e. The minimum atomic E-state index is -2.78. The Bertz CT molecular complexity index is 396. The number of nitrogens with zero attached hydrogens (tertiary/aromatic N) is 1. The van der Waals surface area contributed by atoms with Crippen molar-refractivity contribution in [3.8, 4) is 0 Å². The number of hydrogen-bond donors (Lipinski definition) is 0. The molecule has 0 spiro atoms. The third-order valence-electron chi connectivity index (χ3n) is 4.72. The van der Waals surface area contributed by atoms with Crippen LogP contribution in [0.3, 0.4) is 0 Å².